The zero-order valence-electron chi connectivity index (χ0n) is 13.4. The summed E-state index contributed by atoms with van der Waals surface area (Å²) in [5.74, 6) is 0.454. The molecule has 23 heavy (non-hydrogen) atoms. The maximum Gasteiger partial charge on any atom is 0.251 e. The van der Waals surface area contributed by atoms with E-state index in [1.165, 1.54) is 0 Å². The number of carbonyl (C=O) groups is 2. The summed E-state index contributed by atoms with van der Waals surface area (Å²) in [7, 11) is 0. The number of ether oxygens (including phenoxy) is 1. The molecule has 5 nitrogen and oxygen atoms in total. The number of thioether (sulfide) groups is 1. The normalized spacial score (nSPS) is 18.4. The van der Waals surface area contributed by atoms with Crippen LogP contribution in [0.1, 0.15) is 29.6 Å². The van der Waals surface area contributed by atoms with Crippen molar-refractivity contribution in [2.75, 3.05) is 25.2 Å². The molecule has 1 saturated heterocycles. The Morgan fingerprint density at radius 1 is 1.35 bits per heavy atom. The van der Waals surface area contributed by atoms with Crippen LogP contribution in [0.2, 0.25) is 0 Å². The number of rotatable bonds is 8. The van der Waals surface area contributed by atoms with Gasteiger partial charge in [0.2, 0.25) is 5.91 Å². The van der Waals surface area contributed by atoms with E-state index in [9.17, 15) is 9.59 Å². The van der Waals surface area contributed by atoms with Gasteiger partial charge in [-0.2, -0.15) is 11.8 Å². The van der Waals surface area contributed by atoms with Gasteiger partial charge < -0.3 is 15.4 Å². The molecule has 2 amide bonds. The highest BCUT2D eigenvalue weighted by molar-refractivity contribution is 7.98. The highest BCUT2D eigenvalue weighted by Gasteiger charge is 2.23. The Balaban J connectivity index is 1.89. The Morgan fingerprint density at radius 3 is 2.78 bits per heavy atom. The molecular formula is C17H24N2O3S. The largest absolute Gasteiger partial charge is 0.376 e. The summed E-state index contributed by atoms with van der Waals surface area (Å²) >= 11 is 1.66. The topological polar surface area (TPSA) is 67.4 Å². The van der Waals surface area contributed by atoms with Gasteiger partial charge in [0.1, 0.15) is 6.04 Å². The predicted octanol–water partition coefficient (Wildman–Crippen LogP) is 1.83. The van der Waals surface area contributed by atoms with E-state index < -0.39 is 6.04 Å². The molecule has 126 valence electrons. The molecule has 1 fully saturated rings. The second-order valence-electron chi connectivity index (χ2n) is 5.55. The van der Waals surface area contributed by atoms with Crippen molar-refractivity contribution in [3.63, 3.8) is 0 Å². The standard InChI is InChI=1S/C17H24N2O3S/c1-23-11-9-15(17(21)18-12-14-8-5-10-22-14)19-16(20)13-6-3-2-4-7-13/h2-4,6-7,14-15H,5,8-12H2,1H3,(H,18,21)(H,19,20)/t14-,15-/m0/s1. The first-order chi connectivity index (χ1) is 11.2. The predicted molar refractivity (Wildman–Crippen MR) is 92.7 cm³/mol. The van der Waals surface area contributed by atoms with Crippen molar-refractivity contribution in [1.82, 2.24) is 10.6 Å². The van der Waals surface area contributed by atoms with Gasteiger partial charge in [-0.15, -0.1) is 0 Å². The van der Waals surface area contributed by atoms with E-state index in [0.29, 0.717) is 18.5 Å². The van der Waals surface area contributed by atoms with Crippen LogP contribution >= 0.6 is 11.8 Å². The highest BCUT2D eigenvalue weighted by atomic mass is 32.2. The fraction of sp³-hybridized carbons (Fsp3) is 0.529. The van der Waals surface area contributed by atoms with Gasteiger partial charge in [0.05, 0.1) is 6.10 Å². The Morgan fingerprint density at radius 2 is 2.13 bits per heavy atom. The third kappa shape index (κ3) is 5.88. The van der Waals surface area contributed by atoms with Crippen molar-refractivity contribution in [3.05, 3.63) is 35.9 Å². The Kier molecular flexibility index (Phi) is 7.42. The van der Waals surface area contributed by atoms with Gasteiger partial charge in [0, 0.05) is 18.7 Å². The molecule has 1 aromatic carbocycles. The summed E-state index contributed by atoms with van der Waals surface area (Å²) in [4.78, 5) is 24.6. The first-order valence-corrected chi connectivity index (χ1v) is 9.34. The third-order valence-electron chi connectivity index (χ3n) is 3.80. The van der Waals surface area contributed by atoms with E-state index >= 15 is 0 Å². The molecule has 0 aliphatic carbocycles. The average Bonchev–Trinajstić information content (AvgIpc) is 3.10. The number of carbonyl (C=O) groups excluding carboxylic acids is 2. The van der Waals surface area contributed by atoms with Gasteiger partial charge in [0.15, 0.2) is 0 Å². The highest BCUT2D eigenvalue weighted by Crippen LogP contribution is 2.11. The monoisotopic (exact) mass is 336 g/mol. The quantitative estimate of drug-likeness (QED) is 0.760. The SMILES string of the molecule is CSCC[C@H](NC(=O)c1ccccc1)C(=O)NC[C@@H]1CCCO1. The average molecular weight is 336 g/mol. The second-order valence-corrected chi connectivity index (χ2v) is 6.54. The number of benzene rings is 1. The number of hydrogen-bond donors (Lipinski definition) is 2. The molecule has 2 rings (SSSR count). The van der Waals surface area contributed by atoms with Crippen LogP contribution in [0.15, 0.2) is 30.3 Å². The van der Waals surface area contributed by atoms with Gasteiger partial charge >= 0.3 is 0 Å². The van der Waals surface area contributed by atoms with Gasteiger partial charge in [-0.25, -0.2) is 0 Å². The van der Waals surface area contributed by atoms with E-state index in [1.54, 1.807) is 23.9 Å². The minimum atomic E-state index is -0.517. The van der Waals surface area contributed by atoms with Crippen LogP contribution < -0.4 is 10.6 Å². The van der Waals surface area contributed by atoms with Crippen LogP contribution in [-0.4, -0.2) is 49.1 Å². The number of amides is 2. The molecule has 1 aromatic rings. The van der Waals surface area contributed by atoms with Gasteiger partial charge in [-0.05, 0) is 43.4 Å². The van der Waals surface area contributed by atoms with Crippen LogP contribution in [-0.2, 0) is 9.53 Å². The smallest absolute Gasteiger partial charge is 0.251 e. The molecule has 0 aromatic heterocycles. The Labute approximate surface area is 141 Å². The molecule has 1 aliphatic rings. The van der Waals surface area contributed by atoms with Crippen LogP contribution in [0.5, 0.6) is 0 Å². The lowest BCUT2D eigenvalue weighted by atomic mass is 10.1. The summed E-state index contributed by atoms with van der Waals surface area (Å²) in [5, 5.41) is 5.74. The van der Waals surface area contributed by atoms with E-state index in [4.69, 9.17) is 4.74 Å². The van der Waals surface area contributed by atoms with Gasteiger partial charge in [-0.3, -0.25) is 9.59 Å². The van der Waals surface area contributed by atoms with Gasteiger partial charge in [-0.1, -0.05) is 18.2 Å². The van der Waals surface area contributed by atoms with E-state index in [1.807, 2.05) is 24.5 Å². The summed E-state index contributed by atoms with van der Waals surface area (Å²) in [6.07, 6.45) is 4.72. The van der Waals surface area contributed by atoms with Crippen molar-refractivity contribution < 1.29 is 14.3 Å². The van der Waals surface area contributed by atoms with E-state index in [2.05, 4.69) is 10.6 Å². The molecule has 0 saturated carbocycles. The lowest BCUT2D eigenvalue weighted by Gasteiger charge is -2.19. The molecule has 0 radical (unpaired) electrons. The summed E-state index contributed by atoms with van der Waals surface area (Å²) in [6.45, 7) is 1.27. The summed E-state index contributed by atoms with van der Waals surface area (Å²) < 4.78 is 5.51. The molecular weight excluding hydrogens is 312 g/mol. The van der Waals surface area contributed by atoms with E-state index in [-0.39, 0.29) is 17.9 Å². The molecule has 0 unspecified atom stereocenters. The lowest BCUT2D eigenvalue weighted by molar-refractivity contribution is -0.123. The maximum atomic E-state index is 12.4. The van der Waals surface area contributed by atoms with Crippen LogP contribution in [0.3, 0.4) is 0 Å². The van der Waals surface area contributed by atoms with Crippen molar-refractivity contribution in [1.29, 1.82) is 0 Å². The Bertz CT molecular complexity index is 504. The van der Waals surface area contributed by atoms with Crippen molar-refractivity contribution in [2.24, 2.45) is 0 Å². The first kappa shape index (κ1) is 17.8. The summed E-state index contributed by atoms with van der Waals surface area (Å²) in [5.41, 5.74) is 0.563. The van der Waals surface area contributed by atoms with Crippen LogP contribution in [0.4, 0.5) is 0 Å². The molecule has 6 heteroatoms. The zero-order valence-corrected chi connectivity index (χ0v) is 14.2. The molecule has 2 N–H and O–H groups in total. The molecule has 1 aliphatic heterocycles. The zero-order chi connectivity index (χ0) is 16.5. The minimum absolute atomic E-state index is 0.102. The van der Waals surface area contributed by atoms with Crippen molar-refractivity contribution in [3.8, 4) is 0 Å². The fourth-order valence-corrected chi connectivity index (χ4v) is 2.95. The van der Waals surface area contributed by atoms with Crippen LogP contribution in [0, 0.1) is 0 Å². The third-order valence-corrected chi connectivity index (χ3v) is 4.44. The van der Waals surface area contributed by atoms with Crippen molar-refractivity contribution >= 4 is 23.6 Å². The van der Waals surface area contributed by atoms with Crippen LogP contribution in [0.25, 0.3) is 0 Å². The Hall–Kier alpha value is -1.53. The molecule has 1 heterocycles. The second kappa shape index (κ2) is 9.57. The number of nitrogens with one attached hydrogen (secondary N) is 2. The van der Waals surface area contributed by atoms with Crippen molar-refractivity contribution in [2.45, 2.75) is 31.4 Å². The first-order valence-electron chi connectivity index (χ1n) is 7.95. The van der Waals surface area contributed by atoms with E-state index in [0.717, 1.165) is 25.2 Å². The number of hydrogen-bond acceptors (Lipinski definition) is 4. The van der Waals surface area contributed by atoms with Gasteiger partial charge in [0.25, 0.3) is 5.91 Å². The maximum absolute atomic E-state index is 12.4. The molecule has 0 spiro atoms. The molecule has 2 atom stereocenters. The fourth-order valence-electron chi connectivity index (χ4n) is 2.48. The summed E-state index contributed by atoms with van der Waals surface area (Å²) in [6, 6.07) is 8.44. The minimum Gasteiger partial charge on any atom is -0.376 e. The molecule has 0 bridgehead atoms. The lowest BCUT2D eigenvalue weighted by Crippen LogP contribution is -2.48.